The van der Waals surface area contributed by atoms with Crippen molar-refractivity contribution in [3.05, 3.63) is 12.2 Å². The van der Waals surface area contributed by atoms with Crippen LogP contribution >= 0.6 is 0 Å². The Bertz CT molecular complexity index is 238. The predicted molar refractivity (Wildman–Crippen MR) is 60.1 cm³/mol. The lowest BCUT2D eigenvalue weighted by Crippen LogP contribution is -2.38. The van der Waals surface area contributed by atoms with Crippen LogP contribution in [0.25, 0.3) is 0 Å². The third-order valence-electron chi connectivity index (χ3n) is 3.53. The van der Waals surface area contributed by atoms with E-state index in [1.54, 1.807) is 6.08 Å². The highest BCUT2D eigenvalue weighted by Gasteiger charge is 2.40. The van der Waals surface area contributed by atoms with Gasteiger partial charge in [0.25, 0.3) is 0 Å². The highest BCUT2D eigenvalue weighted by atomic mass is 16.1. The molecule has 0 amide bonds. The Hall–Kier alpha value is -0.590. The van der Waals surface area contributed by atoms with Crippen LogP contribution in [-0.2, 0) is 4.79 Å². The van der Waals surface area contributed by atoms with Gasteiger partial charge in [0.1, 0.15) is 0 Å². The molecule has 0 aromatic carbocycles. The maximum absolute atomic E-state index is 11.9. The number of rotatable bonds is 2. The van der Waals surface area contributed by atoms with Crippen LogP contribution < -0.4 is 0 Å². The first-order valence-electron chi connectivity index (χ1n) is 5.65. The molecule has 1 aliphatic carbocycles. The van der Waals surface area contributed by atoms with Crippen molar-refractivity contribution in [3.63, 3.8) is 0 Å². The molecule has 2 atom stereocenters. The molecule has 0 aromatic rings. The van der Waals surface area contributed by atoms with Gasteiger partial charge in [-0.2, -0.15) is 0 Å². The monoisotopic (exact) mass is 194 g/mol. The Kier molecular flexibility index (Phi) is 3.52. The summed E-state index contributed by atoms with van der Waals surface area (Å²) in [6.07, 6.45) is 7.27. The van der Waals surface area contributed by atoms with Gasteiger partial charge in [0, 0.05) is 5.92 Å². The van der Waals surface area contributed by atoms with Crippen molar-refractivity contribution in [3.8, 4) is 0 Å². The van der Waals surface area contributed by atoms with E-state index in [0.717, 1.165) is 0 Å². The molecule has 1 heteroatoms. The summed E-state index contributed by atoms with van der Waals surface area (Å²) in [7, 11) is 0. The van der Waals surface area contributed by atoms with Gasteiger partial charge < -0.3 is 0 Å². The van der Waals surface area contributed by atoms with Crippen LogP contribution in [0.1, 0.15) is 47.0 Å². The molecule has 0 N–H and O–H groups in total. The van der Waals surface area contributed by atoms with Crippen LogP contribution in [0.3, 0.4) is 0 Å². The second-order valence-electron chi connectivity index (χ2n) is 5.24. The molecule has 0 bridgehead atoms. The van der Waals surface area contributed by atoms with E-state index in [1.165, 1.54) is 19.3 Å². The summed E-state index contributed by atoms with van der Waals surface area (Å²) in [6, 6.07) is 0. The Balaban J connectivity index is 2.85. The number of hydrogen-bond donors (Lipinski definition) is 0. The molecule has 1 fully saturated rings. The van der Waals surface area contributed by atoms with Crippen molar-refractivity contribution in [2.24, 2.45) is 17.3 Å². The summed E-state index contributed by atoms with van der Waals surface area (Å²) in [5.41, 5.74) is 0.189. The van der Waals surface area contributed by atoms with E-state index < -0.39 is 0 Å². The lowest BCUT2D eigenvalue weighted by atomic mass is 9.62. The van der Waals surface area contributed by atoms with Gasteiger partial charge in [0.2, 0.25) is 0 Å². The third-order valence-corrected chi connectivity index (χ3v) is 3.53. The SMILES string of the molecule is C/C=C\C(=O)[C@@H]1[C@@H](C)CCCC1(C)C. The van der Waals surface area contributed by atoms with Crippen LogP contribution in [0.5, 0.6) is 0 Å². The largest absolute Gasteiger partial charge is 0.295 e. The summed E-state index contributed by atoms with van der Waals surface area (Å²) in [5, 5.41) is 0. The summed E-state index contributed by atoms with van der Waals surface area (Å²) >= 11 is 0. The average Bonchev–Trinajstić information content (AvgIpc) is 2.02. The number of ketones is 1. The first-order chi connectivity index (χ1) is 6.49. The summed E-state index contributed by atoms with van der Waals surface area (Å²) in [4.78, 5) is 11.9. The fourth-order valence-electron chi connectivity index (χ4n) is 2.91. The summed E-state index contributed by atoms with van der Waals surface area (Å²) in [5.74, 6) is 1.10. The van der Waals surface area contributed by atoms with Crippen LogP contribution in [0.2, 0.25) is 0 Å². The van der Waals surface area contributed by atoms with E-state index in [0.29, 0.717) is 11.7 Å². The van der Waals surface area contributed by atoms with E-state index in [-0.39, 0.29) is 11.3 Å². The minimum atomic E-state index is 0.189. The molecule has 0 unspecified atom stereocenters. The molecule has 1 aliphatic rings. The minimum absolute atomic E-state index is 0.189. The van der Waals surface area contributed by atoms with E-state index in [2.05, 4.69) is 20.8 Å². The van der Waals surface area contributed by atoms with Gasteiger partial charge in [0.15, 0.2) is 5.78 Å². The molecule has 1 rings (SSSR count). The van der Waals surface area contributed by atoms with Crippen LogP contribution in [0.15, 0.2) is 12.2 Å². The van der Waals surface area contributed by atoms with Crippen molar-refractivity contribution >= 4 is 5.78 Å². The maximum atomic E-state index is 11.9. The minimum Gasteiger partial charge on any atom is -0.295 e. The molecule has 1 saturated carbocycles. The van der Waals surface area contributed by atoms with Gasteiger partial charge in [-0.1, -0.05) is 33.3 Å². The zero-order chi connectivity index (χ0) is 10.8. The summed E-state index contributed by atoms with van der Waals surface area (Å²) in [6.45, 7) is 8.59. The van der Waals surface area contributed by atoms with E-state index in [4.69, 9.17) is 0 Å². The van der Waals surface area contributed by atoms with Gasteiger partial charge in [-0.25, -0.2) is 0 Å². The molecule has 1 nitrogen and oxygen atoms in total. The topological polar surface area (TPSA) is 17.1 Å². The van der Waals surface area contributed by atoms with Crippen LogP contribution in [0.4, 0.5) is 0 Å². The number of hydrogen-bond acceptors (Lipinski definition) is 1. The zero-order valence-electron chi connectivity index (χ0n) is 9.84. The number of carbonyl (C=O) groups excluding carboxylic acids is 1. The Morgan fingerprint density at radius 3 is 2.57 bits per heavy atom. The Labute approximate surface area is 87.6 Å². The van der Waals surface area contributed by atoms with Crippen LogP contribution in [0, 0.1) is 17.3 Å². The van der Waals surface area contributed by atoms with Crippen molar-refractivity contribution in [2.75, 3.05) is 0 Å². The number of carbonyl (C=O) groups is 1. The van der Waals surface area contributed by atoms with Crippen molar-refractivity contribution in [1.82, 2.24) is 0 Å². The van der Waals surface area contributed by atoms with Gasteiger partial charge in [-0.3, -0.25) is 4.79 Å². The first-order valence-corrected chi connectivity index (χ1v) is 5.65. The van der Waals surface area contributed by atoms with Crippen LogP contribution in [-0.4, -0.2) is 5.78 Å². The fraction of sp³-hybridized carbons (Fsp3) is 0.769. The quantitative estimate of drug-likeness (QED) is 0.614. The smallest absolute Gasteiger partial charge is 0.159 e. The van der Waals surface area contributed by atoms with Gasteiger partial charge >= 0.3 is 0 Å². The van der Waals surface area contributed by atoms with E-state index in [9.17, 15) is 4.79 Å². The lowest BCUT2D eigenvalue weighted by molar-refractivity contribution is -0.125. The van der Waals surface area contributed by atoms with Crippen molar-refractivity contribution in [1.29, 1.82) is 0 Å². The molecule has 0 radical (unpaired) electrons. The molecule has 0 spiro atoms. The molecule has 14 heavy (non-hydrogen) atoms. The highest BCUT2D eigenvalue weighted by molar-refractivity contribution is 5.92. The molecule has 0 heterocycles. The first kappa shape index (κ1) is 11.5. The molecule has 0 saturated heterocycles. The van der Waals surface area contributed by atoms with Crippen molar-refractivity contribution in [2.45, 2.75) is 47.0 Å². The maximum Gasteiger partial charge on any atom is 0.159 e. The number of allylic oxidation sites excluding steroid dienone is 2. The molecular formula is C13H22O. The zero-order valence-corrected chi connectivity index (χ0v) is 9.84. The summed E-state index contributed by atoms with van der Waals surface area (Å²) < 4.78 is 0. The molecule has 0 aromatic heterocycles. The second kappa shape index (κ2) is 4.29. The van der Waals surface area contributed by atoms with Gasteiger partial charge in [-0.05, 0) is 37.2 Å². The Morgan fingerprint density at radius 1 is 1.43 bits per heavy atom. The molecular weight excluding hydrogens is 172 g/mol. The standard InChI is InChI=1S/C13H22O/c1-5-7-11(14)12-10(2)8-6-9-13(12,3)4/h5,7,10,12H,6,8-9H2,1-4H3/b7-5-/t10-,12-/m0/s1. The van der Waals surface area contributed by atoms with Gasteiger partial charge in [-0.15, -0.1) is 0 Å². The van der Waals surface area contributed by atoms with Crippen molar-refractivity contribution < 1.29 is 4.79 Å². The molecule has 80 valence electrons. The van der Waals surface area contributed by atoms with E-state index in [1.807, 2.05) is 13.0 Å². The average molecular weight is 194 g/mol. The highest BCUT2D eigenvalue weighted by Crippen LogP contribution is 2.44. The second-order valence-corrected chi connectivity index (χ2v) is 5.24. The lowest BCUT2D eigenvalue weighted by Gasteiger charge is -2.41. The fourth-order valence-corrected chi connectivity index (χ4v) is 2.91. The third kappa shape index (κ3) is 2.26. The Morgan fingerprint density at radius 2 is 2.07 bits per heavy atom. The van der Waals surface area contributed by atoms with Gasteiger partial charge in [0.05, 0.1) is 0 Å². The molecule has 0 aliphatic heterocycles. The normalized spacial score (nSPS) is 32.0. The van der Waals surface area contributed by atoms with E-state index >= 15 is 0 Å². The predicted octanol–water partition coefficient (Wildman–Crippen LogP) is 3.59.